The first kappa shape index (κ1) is 13.6. The number of ether oxygens (including phenoxy) is 1. The molecule has 94 valence electrons. The summed E-state index contributed by atoms with van der Waals surface area (Å²) in [6, 6.07) is 9.52. The summed E-state index contributed by atoms with van der Waals surface area (Å²) in [6.45, 7) is 1.83. The molecule has 18 heavy (non-hydrogen) atoms. The summed E-state index contributed by atoms with van der Waals surface area (Å²) in [5.41, 5.74) is 0.712. The summed E-state index contributed by atoms with van der Waals surface area (Å²) in [6.07, 6.45) is 0. The molecule has 0 unspecified atom stereocenters. The number of ketones is 1. The molecule has 2 rings (SSSR count). The van der Waals surface area contributed by atoms with E-state index in [9.17, 15) is 4.79 Å². The highest BCUT2D eigenvalue weighted by molar-refractivity contribution is 9.10. The molecule has 1 atom stereocenters. The highest BCUT2D eigenvalue weighted by atomic mass is 79.9. The SMILES string of the molecule is COc1ccc2cc(C(=O)[C@H](C)Br)ccc2c1Br. The van der Waals surface area contributed by atoms with E-state index in [1.165, 1.54) is 0 Å². The number of rotatable bonds is 3. The van der Waals surface area contributed by atoms with Gasteiger partial charge in [0.1, 0.15) is 5.75 Å². The number of methoxy groups -OCH3 is 1. The summed E-state index contributed by atoms with van der Waals surface area (Å²) in [4.78, 5) is 11.7. The van der Waals surface area contributed by atoms with Gasteiger partial charge in [-0.3, -0.25) is 4.79 Å². The number of alkyl halides is 1. The summed E-state index contributed by atoms with van der Waals surface area (Å²) in [5.74, 6) is 0.874. The Morgan fingerprint density at radius 2 is 2.00 bits per heavy atom. The van der Waals surface area contributed by atoms with Crippen LogP contribution in [0.5, 0.6) is 5.75 Å². The van der Waals surface area contributed by atoms with Crippen molar-refractivity contribution in [1.29, 1.82) is 0 Å². The first-order valence-electron chi connectivity index (χ1n) is 5.49. The van der Waals surface area contributed by atoms with E-state index in [1.807, 2.05) is 37.3 Å². The average molecular weight is 372 g/mol. The van der Waals surface area contributed by atoms with Crippen LogP contribution in [-0.4, -0.2) is 17.7 Å². The number of fused-ring (bicyclic) bond motifs is 1. The van der Waals surface area contributed by atoms with E-state index in [0.29, 0.717) is 5.56 Å². The van der Waals surface area contributed by atoms with Gasteiger partial charge < -0.3 is 4.74 Å². The third-order valence-corrected chi connectivity index (χ3v) is 4.02. The molecule has 0 aliphatic carbocycles. The lowest BCUT2D eigenvalue weighted by molar-refractivity contribution is 0.0996. The summed E-state index contributed by atoms with van der Waals surface area (Å²) < 4.78 is 6.16. The second kappa shape index (κ2) is 5.41. The molecule has 0 aliphatic heterocycles. The smallest absolute Gasteiger partial charge is 0.176 e. The van der Waals surface area contributed by atoms with Gasteiger partial charge in [0.05, 0.1) is 16.4 Å². The lowest BCUT2D eigenvalue weighted by Gasteiger charge is -2.09. The first-order valence-corrected chi connectivity index (χ1v) is 7.20. The molecular formula is C14H12Br2O2. The quantitative estimate of drug-likeness (QED) is 0.583. The highest BCUT2D eigenvalue weighted by Crippen LogP contribution is 2.33. The van der Waals surface area contributed by atoms with Gasteiger partial charge in [0.2, 0.25) is 0 Å². The predicted octanol–water partition coefficient (Wildman–Crippen LogP) is 4.58. The van der Waals surface area contributed by atoms with E-state index >= 15 is 0 Å². The van der Waals surface area contributed by atoms with Crippen molar-refractivity contribution in [2.24, 2.45) is 0 Å². The Balaban J connectivity index is 2.57. The number of halogens is 2. The van der Waals surface area contributed by atoms with Crippen molar-refractivity contribution >= 4 is 48.4 Å². The summed E-state index contributed by atoms with van der Waals surface area (Å²) >= 11 is 6.81. The normalized spacial score (nSPS) is 12.4. The van der Waals surface area contributed by atoms with Crippen molar-refractivity contribution in [2.45, 2.75) is 11.8 Å². The van der Waals surface area contributed by atoms with Crippen molar-refractivity contribution < 1.29 is 9.53 Å². The number of Topliss-reactive ketones (excluding diaryl/α,β-unsaturated/α-hetero) is 1. The van der Waals surface area contributed by atoms with Crippen LogP contribution in [0.3, 0.4) is 0 Å². The Morgan fingerprint density at radius 3 is 2.61 bits per heavy atom. The Morgan fingerprint density at radius 1 is 1.28 bits per heavy atom. The fraction of sp³-hybridized carbons (Fsp3) is 0.214. The molecule has 0 heterocycles. The number of benzene rings is 2. The van der Waals surface area contributed by atoms with Crippen LogP contribution < -0.4 is 4.74 Å². The third kappa shape index (κ3) is 2.45. The van der Waals surface area contributed by atoms with Crippen molar-refractivity contribution in [2.75, 3.05) is 7.11 Å². The maximum Gasteiger partial charge on any atom is 0.176 e. The van der Waals surface area contributed by atoms with Gasteiger partial charge >= 0.3 is 0 Å². The molecule has 0 amide bonds. The van der Waals surface area contributed by atoms with Crippen LogP contribution in [0.15, 0.2) is 34.8 Å². The van der Waals surface area contributed by atoms with Crippen LogP contribution in [0.25, 0.3) is 10.8 Å². The van der Waals surface area contributed by atoms with E-state index in [2.05, 4.69) is 31.9 Å². The van der Waals surface area contributed by atoms with Crippen molar-refractivity contribution in [3.05, 3.63) is 40.4 Å². The molecule has 2 aromatic rings. The zero-order valence-electron chi connectivity index (χ0n) is 10.0. The highest BCUT2D eigenvalue weighted by Gasteiger charge is 2.13. The van der Waals surface area contributed by atoms with Crippen molar-refractivity contribution in [3.63, 3.8) is 0 Å². The molecule has 0 N–H and O–H groups in total. The standard InChI is InChI=1S/C14H12Br2O2/c1-8(15)14(17)10-3-5-11-9(7-10)4-6-12(18-2)13(11)16/h3-8H,1-2H3/t8-/m0/s1. The van der Waals surface area contributed by atoms with Crippen LogP contribution in [0.1, 0.15) is 17.3 Å². The molecule has 2 aromatic carbocycles. The predicted molar refractivity (Wildman–Crippen MR) is 80.9 cm³/mol. The van der Waals surface area contributed by atoms with E-state index in [1.54, 1.807) is 7.11 Å². The van der Waals surface area contributed by atoms with Gasteiger partial charge in [-0.05, 0) is 45.8 Å². The maximum absolute atomic E-state index is 11.9. The van der Waals surface area contributed by atoms with E-state index in [4.69, 9.17) is 4.74 Å². The van der Waals surface area contributed by atoms with Gasteiger partial charge in [0.25, 0.3) is 0 Å². The lowest BCUT2D eigenvalue weighted by Crippen LogP contribution is -2.09. The molecule has 0 saturated carbocycles. The molecule has 0 bridgehead atoms. The second-order valence-corrected chi connectivity index (χ2v) is 6.16. The fourth-order valence-corrected chi connectivity index (χ4v) is 2.73. The largest absolute Gasteiger partial charge is 0.496 e. The zero-order valence-corrected chi connectivity index (χ0v) is 13.2. The molecular weight excluding hydrogens is 360 g/mol. The molecule has 0 radical (unpaired) electrons. The van der Waals surface area contributed by atoms with Crippen LogP contribution in [0.2, 0.25) is 0 Å². The Bertz CT molecular complexity index is 606. The number of hydrogen-bond acceptors (Lipinski definition) is 2. The maximum atomic E-state index is 11.9. The molecule has 2 nitrogen and oxygen atoms in total. The minimum Gasteiger partial charge on any atom is -0.496 e. The minimum absolute atomic E-state index is 0.0869. The number of hydrogen-bond donors (Lipinski definition) is 0. The topological polar surface area (TPSA) is 26.3 Å². The molecule has 0 aliphatic rings. The number of carbonyl (C=O) groups excluding carboxylic acids is 1. The van der Waals surface area contributed by atoms with Gasteiger partial charge in [-0.2, -0.15) is 0 Å². The summed E-state index contributed by atoms with van der Waals surface area (Å²) in [7, 11) is 1.64. The lowest BCUT2D eigenvalue weighted by atomic mass is 10.0. The van der Waals surface area contributed by atoms with Crippen LogP contribution in [-0.2, 0) is 0 Å². The first-order chi connectivity index (χ1) is 8.54. The molecule has 0 aromatic heterocycles. The van der Waals surface area contributed by atoms with E-state index in [-0.39, 0.29) is 10.6 Å². The molecule has 0 fully saturated rings. The van der Waals surface area contributed by atoms with Gasteiger partial charge in [-0.15, -0.1) is 0 Å². The molecule has 0 spiro atoms. The second-order valence-electron chi connectivity index (χ2n) is 4.00. The Labute approximate surface area is 123 Å². The van der Waals surface area contributed by atoms with E-state index in [0.717, 1.165) is 21.0 Å². The monoisotopic (exact) mass is 370 g/mol. The van der Waals surface area contributed by atoms with E-state index < -0.39 is 0 Å². The van der Waals surface area contributed by atoms with Crippen LogP contribution >= 0.6 is 31.9 Å². The summed E-state index contributed by atoms with van der Waals surface area (Å²) in [5, 5.41) is 2.05. The van der Waals surface area contributed by atoms with Crippen LogP contribution in [0.4, 0.5) is 0 Å². The average Bonchev–Trinajstić information content (AvgIpc) is 2.37. The van der Waals surface area contributed by atoms with Gasteiger partial charge in [-0.1, -0.05) is 34.1 Å². The minimum atomic E-state index is -0.170. The van der Waals surface area contributed by atoms with Crippen molar-refractivity contribution in [3.8, 4) is 5.75 Å². The molecule has 0 saturated heterocycles. The van der Waals surface area contributed by atoms with Crippen LogP contribution in [0, 0.1) is 0 Å². The van der Waals surface area contributed by atoms with Crippen molar-refractivity contribution in [1.82, 2.24) is 0 Å². The fourth-order valence-electron chi connectivity index (χ4n) is 1.81. The Kier molecular flexibility index (Phi) is 4.07. The Hall–Kier alpha value is -0.870. The number of carbonyl (C=O) groups is 1. The molecule has 4 heteroatoms. The van der Waals surface area contributed by atoms with Gasteiger partial charge in [-0.25, -0.2) is 0 Å². The van der Waals surface area contributed by atoms with Gasteiger partial charge in [0.15, 0.2) is 5.78 Å². The van der Waals surface area contributed by atoms with Gasteiger partial charge in [0, 0.05) is 5.56 Å². The zero-order chi connectivity index (χ0) is 13.3. The third-order valence-electron chi connectivity index (χ3n) is 2.78.